The molecular weight excluding hydrogens is 174 g/mol. The molecule has 14 heavy (non-hydrogen) atoms. The molecular formula is C11H16N3+. The molecule has 1 aliphatic rings. The number of anilines is 1. The molecule has 0 aromatic heterocycles. The first-order valence-electron chi connectivity index (χ1n) is 4.81. The molecule has 0 radical (unpaired) electrons. The van der Waals surface area contributed by atoms with E-state index in [0.29, 0.717) is 10.6 Å². The van der Waals surface area contributed by atoms with Crippen molar-refractivity contribution in [3.8, 4) is 0 Å². The molecule has 1 unspecified atom stereocenters. The molecule has 0 amide bonds. The van der Waals surface area contributed by atoms with Gasteiger partial charge in [0.15, 0.2) is 5.69 Å². The SMILES string of the molecule is CC(C)[N+]1(N)C=Cc2c(N)cccc21. The number of benzene rings is 1. The van der Waals surface area contributed by atoms with Crippen molar-refractivity contribution in [2.45, 2.75) is 19.9 Å². The Hall–Kier alpha value is -1.32. The fourth-order valence-electron chi connectivity index (χ4n) is 1.82. The molecule has 0 spiro atoms. The van der Waals surface area contributed by atoms with E-state index in [2.05, 4.69) is 13.8 Å². The fraction of sp³-hybridized carbons (Fsp3) is 0.273. The maximum absolute atomic E-state index is 6.28. The number of nitrogen functional groups attached to an aromatic ring is 1. The molecule has 0 saturated heterocycles. The summed E-state index contributed by atoms with van der Waals surface area (Å²) in [6.45, 7) is 4.20. The topological polar surface area (TPSA) is 52.0 Å². The third-order valence-corrected chi connectivity index (χ3v) is 2.88. The van der Waals surface area contributed by atoms with Crippen molar-refractivity contribution in [1.29, 1.82) is 0 Å². The van der Waals surface area contributed by atoms with E-state index in [0.717, 1.165) is 16.9 Å². The third kappa shape index (κ3) is 1.06. The largest absolute Gasteiger partial charge is 0.398 e. The van der Waals surface area contributed by atoms with Gasteiger partial charge in [-0.1, -0.05) is 6.07 Å². The summed E-state index contributed by atoms with van der Waals surface area (Å²) >= 11 is 0. The van der Waals surface area contributed by atoms with E-state index in [9.17, 15) is 0 Å². The molecule has 1 atom stereocenters. The molecule has 74 valence electrons. The minimum absolute atomic E-state index is 0.314. The summed E-state index contributed by atoms with van der Waals surface area (Å²) in [4.78, 5) is 0. The quantitative estimate of drug-likeness (QED) is 0.403. The Balaban J connectivity index is 2.61. The number of hydrogen-bond acceptors (Lipinski definition) is 2. The summed E-state index contributed by atoms with van der Waals surface area (Å²) < 4.78 is 0.348. The maximum Gasteiger partial charge on any atom is 0.166 e. The van der Waals surface area contributed by atoms with Crippen LogP contribution in [0.25, 0.3) is 6.08 Å². The summed E-state index contributed by atoms with van der Waals surface area (Å²) in [6, 6.07) is 6.20. The van der Waals surface area contributed by atoms with Crippen LogP contribution in [-0.4, -0.2) is 6.04 Å². The van der Waals surface area contributed by atoms with Gasteiger partial charge in [0.05, 0.1) is 5.56 Å². The zero-order valence-electron chi connectivity index (χ0n) is 8.57. The van der Waals surface area contributed by atoms with Gasteiger partial charge in [-0.25, -0.2) is 0 Å². The molecule has 3 nitrogen and oxygen atoms in total. The van der Waals surface area contributed by atoms with Gasteiger partial charge in [-0.15, -0.1) is 0 Å². The number of rotatable bonds is 1. The van der Waals surface area contributed by atoms with E-state index in [1.165, 1.54) is 0 Å². The normalized spacial score (nSPS) is 24.3. The van der Waals surface area contributed by atoms with E-state index < -0.39 is 0 Å². The molecule has 1 heterocycles. The van der Waals surface area contributed by atoms with Crippen LogP contribution in [0.4, 0.5) is 11.4 Å². The van der Waals surface area contributed by atoms with Gasteiger partial charge >= 0.3 is 0 Å². The van der Waals surface area contributed by atoms with Crippen molar-refractivity contribution in [2.24, 2.45) is 5.84 Å². The predicted octanol–water partition coefficient (Wildman–Crippen LogP) is 1.84. The third-order valence-electron chi connectivity index (χ3n) is 2.88. The Labute approximate surface area is 84.2 Å². The molecule has 2 rings (SSSR count). The Bertz CT molecular complexity index is 396. The molecule has 4 N–H and O–H groups in total. The van der Waals surface area contributed by atoms with Gasteiger partial charge in [0.1, 0.15) is 12.2 Å². The van der Waals surface area contributed by atoms with Crippen molar-refractivity contribution in [2.75, 3.05) is 5.73 Å². The van der Waals surface area contributed by atoms with Crippen LogP contribution in [-0.2, 0) is 0 Å². The highest BCUT2D eigenvalue weighted by molar-refractivity contribution is 5.81. The van der Waals surface area contributed by atoms with Crippen LogP contribution in [0.3, 0.4) is 0 Å². The van der Waals surface area contributed by atoms with Crippen LogP contribution in [0.15, 0.2) is 24.4 Å². The lowest BCUT2D eigenvalue weighted by molar-refractivity contribution is 0.324. The highest BCUT2D eigenvalue weighted by Gasteiger charge is 2.35. The lowest BCUT2D eigenvalue weighted by Gasteiger charge is -2.30. The van der Waals surface area contributed by atoms with Crippen LogP contribution in [0.2, 0.25) is 0 Å². The van der Waals surface area contributed by atoms with Gasteiger partial charge in [-0.2, -0.15) is 10.4 Å². The Morgan fingerprint density at radius 3 is 2.64 bits per heavy atom. The van der Waals surface area contributed by atoms with Crippen LogP contribution in [0, 0.1) is 0 Å². The second-order valence-corrected chi connectivity index (χ2v) is 4.02. The number of nitrogens with two attached hydrogens (primary N) is 2. The number of nitrogens with zero attached hydrogens (tertiary/aromatic N) is 1. The zero-order valence-corrected chi connectivity index (χ0v) is 8.57. The van der Waals surface area contributed by atoms with Gasteiger partial charge in [0.2, 0.25) is 0 Å². The summed E-state index contributed by atoms with van der Waals surface area (Å²) in [7, 11) is 0. The van der Waals surface area contributed by atoms with E-state index in [1.54, 1.807) is 0 Å². The Morgan fingerprint density at radius 1 is 1.29 bits per heavy atom. The second kappa shape index (κ2) is 2.83. The van der Waals surface area contributed by atoms with E-state index in [-0.39, 0.29) is 0 Å². The monoisotopic (exact) mass is 190 g/mol. The second-order valence-electron chi connectivity index (χ2n) is 4.02. The summed E-state index contributed by atoms with van der Waals surface area (Å²) in [6.07, 6.45) is 4.00. The average molecular weight is 190 g/mol. The first-order valence-corrected chi connectivity index (χ1v) is 4.81. The van der Waals surface area contributed by atoms with Crippen LogP contribution < -0.4 is 16.2 Å². The zero-order chi connectivity index (χ0) is 10.3. The number of quaternary nitrogens is 1. The van der Waals surface area contributed by atoms with Crippen LogP contribution >= 0.6 is 0 Å². The van der Waals surface area contributed by atoms with E-state index in [4.69, 9.17) is 11.6 Å². The number of fused-ring (bicyclic) bond motifs is 1. The lowest BCUT2D eigenvalue weighted by Crippen LogP contribution is -2.55. The predicted molar refractivity (Wildman–Crippen MR) is 61.0 cm³/mol. The highest BCUT2D eigenvalue weighted by Crippen LogP contribution is 2.37. The minimum atomic E-state index is 0.314. The molecule has 1 aromatic carbocycles. The smallest absolute Gasteiger partial charge is 0.166 e. The Kier molecular flexibility index (Phi) is 1.87. The van der Waals surface area contributed by atoms with Crippen molar-refractivity contribution < 1.29 is 0 Å². The lowest BCUT2D eigenvalue weighted by atomic mass is 10.1. The summed E-state index contributed by atoms with van der Waals surface area (Å²) in [5.41, 5.74) is 8.81. The van der Waals surface area contributed by atoms with Gasteiger partial charge in [-0.3, -0.25) is 0 Å². The Morgan fingerprint density at radius 2 is 2.00 bits per heavy atom. The van der Waals surface area contributed by atoms with Crippen molar-refractivity contribution in [1.82, 2.24) is 4.59 Å². The molecule has 0 fully saturated rings. The summed E-state index contributed by atoms with van der Waals surface area (Å²) in [5.74, 6) is 6.28. The fourth-order valence-corrected chi connectivity index (χ4v) is 1.82. The average Bonchev–Trinajstić information content (AvgIpc) is 2.47. The van der Waals surface area contributed by atoms with Crippen LogP contribution in [0.5, 0.6) is 0 Å². The maximum atomic E-state index is 6.28. The number of hydrogen-bond donors (Lipinski definition) is 2. The van der Waals surface area contributed by atoms with E-state index >= 15 is 0 Å². The molecule has 0 aliphatic carbocycles. The van der Waals surface area contributed by atoms with Gasteiger partial charge < -0.3 is 5.73 Å². The molecule has 1 aliphatic heterocycles. The van der Waals surface area contributed by atoms with Gasteiger partial charge in [-0.05, 0) is 19.9 Å². The van der Waals surface area contributed by atoms with Crippen molar-refractivity contribution >= 4 is 17.5 Å². The highest BCUT2D eigenvalue weighted by atomic mass is 15.6. The van der Waals surface area contributed by atoms with Crippen molar-refractivity contribution in [3.63, 3.8) is 0 Å². The van der Waals surface area contributed by atoms with Crippen LogP contribution in [0.1, 0.15) is 19.4 Å². The van der Waals surface area contributed by atoms with Gasteiger partial charge in [0, 0.05) is 17.8 Å². The van der Waals surface area contributed by atoms with Gasteiger partial charge in [0.25, 0.3) is 0 Å². The first-order chi connectivity index (χ1) is 6.55. The van der Waals surface area contributed by atoms with Crippen molar-refractivity contribution in [3.05, 3.63) is 30.0 Å². The summed E-state index contributed by atoms with van der Waals surface area (Å²) in [5, 5.41) is 0. The van der Waals surface area contributed by atoms with E-state index in [1.807, 2.05) is 30.5 Å². The standard InChI is InChI=1S/C11H16N3/c1-8(2)14(13)7-6-9-10(12)4-3-5-11(9)14/h3-8H,12-13H2,1-2H3/q+1. The molecule has 0 bridgehead atoms. The minimum Gasteiger partial charge on any atom is -0.398 e. The molecule has 0 saturated carbocycles. The first kappa shape index (κ1) is 9.24. The molecule has 3 heteroatoms. The molecule has 1 aromatic rings.